The second-order valence-electron chi connectivity index (χ2n) is 9.65. The Morgan fingerprint density at radius 3 is 1.45 bits per heavy atom. The van der Waals surface area contributed by atoms with E-state index in [1.165, 1.54) is 0 Å². The van der Waals surface area contributed by atoms with Crippen molar-refractivity contribution in [3.8, 4) is 11.5 Å². The molecule has 2 aromatic carbocycles. The zero-order valence-corrected chi connectivity index (χ0v) is 20.9. The third kappa shape index (κ3) is 5.60. The number of benzene rings is 2. The van der Waals surface area contributed by atoms with Crippen molar-refractivity contribution in [1.29, 1.82) is 0 Å². The van der Waals surface area contributed by atoms with E-state index in [9.17, 15) is 10.2 Å². The summed E-state index contributed by atoms with van der Waals surface area (Å²) in [6, 6.07) is 7.38. The van der Waals surface area contributed by atoms with Crippen LogP contribution in [0.5, 0.6) is 11.5 Å². The van der Waals surface area contributed by atoms with Crippen LogP contribution in [0.25, 0.3) is 0 Å². The van der Waals surface area contributed by atoms with Crippen LogP contribution in [0.2, 0.25) is 10.0 Å². The second-order valence-corrected chi connectivity index (χ2v) is 12.8. The number of phenols is 2. The lowest BCUT2D eigenvalue weighted by molar-refractivity contribution is 0.450. The van der Waals surface area contributed by atoms with E-state index in [-0.39, 0.29) is 22.3 Å². The van der Waals surface area contributed by atoms with Gasteiger partial charge in [0.2, 0.25) is 0 Å². The van der Waals surface area contributed by atoms with Gasteiger partial charge in [-0.25, -0.2) is 0 Å². The Kier molecular flexibility index (Phi) is 7.59. The van der Waals surface area contributed by atoms with Gasteiger partial charge in [0.05, 0.1) is 0 Å². The second kappa shape index (κ2) is 9.04. The number of aromatic hydroxyl groups is 2. The Bertz CT molecular complexity index is 810. The molecular formula is C24H33Cl2O2P. The summed E-state index contributed by atoms with van der Waals surface area (Å²) >= 11 is 13.0. The van der Waals surface area contributed by atoms with Gasteiger partial charge >= 0.3 is 0 Å². The molecule has 0 radical (unpaired) electrons. The van der Waals surface area contributed by atoms with E-state index in [2.05, 4.69) is 48.5 Å². The lowest BCUT2D eigenvalue weighted by Gasteiger charge is -2.28. The third-order valence-corrected chi connectivity index (χ3v) is 8.09. The summed E-state index contributed by atoms with van der Waals surface area (Å²) in [5, 5.41) is 25.2. The van der Waals surface area contributed by atoms with Gasteiger partial charge in [0, 0.05) is 31.8 Å². The molecule has 0 saturated carbocycles. The van der Waals surface area contributed by atoms with E-state index in [1.807, 2.05) is 24.3 Å². The number of hydrogen-bond acceptors (Lipinski definition) is 2. The Morgan fingerprint density at radius 1 is 0.759 bits per heavy atom. The van der Waals surface area contributed by atoms with Crippen LogP contribution < -0.4 is 10.6 Å². The molecule has 0 unspecified atom stereocenters. The fourth-order valence-electron chi connectivity index (χ4n) is 3.41. The van der Waals surface area contributed by atoms with Gasteiger partial charge in [-0.05, 0) is 55.6 Å². The number of unbranched alkanes of at least 4 members (excludes halogenated alkanes) is 1. The van der Waals surface area contributed by atoms with Crippen molar-refractivity contribution in [2.45, 2.75) is 72.1 Å². The normalized spacial score (nSPS) is 12.6. The number of hydrogen-bond donors (Lipinski definition) is 2. The first-order valence-corrected chi connectivity index (χ1v) is 12.4. The lowest BCUT2D eigenvalue weighted by atomic mass is 9.86. The quantitative estimate of drug-likeness (QED) is 0.467. The van der Waals surface area contributed by atoms with Crippen LogP contribution in [-0.2, 0) is 10.8 Å². The van der Waals surface area contributed by atoms with Crippen LogP contribution in [-0.4, -0.2) is 16.4 Å². The van der Waals surface area contributed by atoms with Crippen LogP contribution in [0, 0.1) is 0 Å². The van der Waals surface area contributed by atoms with E-state index in [1.54, 1.807) is 0 Å². The summed E-state index contributed by atoms with van der Waals surface area (Å²) in [5.74, 6) is 0.557. The molecule has 160 valence electrons. The fraction of sp³-hybridized carbons (Fsp3) is 0.500. The number of halogens is 2. The maximum absolute atomic E-state index is 11.2. The molecule has 2 rings (SSSR count). The van der Waals surface area contributed by atoms with Gasteiger partial charge < -0.3 is 10.2 Å². The largest absolute Gasteiger partial charge is 0.507 e. The minimum atomic E-state index is -1.03. The van der Waals surface area contributed by atoms with Gasteiger partial charge in [0.1, 0.15) is 11.5 Å². The summed E-state index contributed by atoms with van der Waals surface area (Å²) in [7, 11) is -1.03. The first-order chi connectivity index (χ1) is 13.3. The molecule has 2 nitrogen and oxygen atoms in total. The van der Waals surface area contributed by atoms with Crippen LogP contribution in [0.15, 0.2) is 24.3 Å². The van der Waals surface area contributed by atoms with Gasteiger partial charge in [-0.2, -0.15) is 0 Å². The Labute approximate surface area is 187 Å². The van der Waals surface area contributed by atoms with Crippen molar-refractivity contribution >= 4 is 41.7 Å². The molecule has 0 aliphatic heterocycles. The molecule has 2 aromatic rings. The van der Waals surface area contributed by atoms with Gasteiger partial charge in [-0.15, -0.1) is 0 Å². The van der Waals surface area contributed by atoms with Crippen molar-refractivity contribution in [1.82, 2.24) is 0 Å². The minimum Gasteiger partial charge on any atom is -0.507 e. The van der Waals surface area contributed by atoms with Crippen LogP contribution in [0.1, 0.15) is 72.4 Å². The highest BCUT2D eigenvalue weighted by Gasteiger charge is 2.29. The molecule has 2 N–H and O–H groups in total. The predicted octanol–water partition coefficient (Wildman–Crippen LogP) is 7.23. The summed E-state index contributed by atoms with van der Waals surface area (Å²) in [5.41, 5.74) is 1.15. The van der Waals surface area contributed by atoms with Crippen LogP contribution >= 0.6 is 31.1 Å². The fourth-order valence-corrected chi connectivity index (χ4v) is 6.72. The Morgan fingerprint density at radius 2 is 1.14 bits per heavy atom. The molecule has 0 bridgehead atoms. The highest BCUT2D eigenvalue weighted by molar-refractivity contribution is 7.73. The summed E-state index contributed by atoms with van der Waals surface area (Å²) < 4.78 is 0. The average molecular weight is 455 g/mol. The molecule has 29 heavy (non-hydrogen) atoms. The smallest absolute Gasteiger partial charge is 0.127 e. The minimum absolute atomic E-state index is 0.248. The van der Waals surface area contributed by atoms with E-state index in [4.69, 9.17) is 23.2 Å². The predicted molar refractivity (Wildman–Crippen MR) is 130 cm³/mol. The van der Waals surface area contributed by atoms with E-state index in [0.29, 0.717) is 10.0 Å². The lowest BCUT2D eigenvalue weighted by Crippen LogP contribution is -2.22. The summed E-state index contributed by atoms with van der Waals surface area (Å²) in [6.07, 6.45) is 2.86. The molecule has 0 aliphatic rings. The summed E-state index contributed by atoms with van der Waals surface area (Å²) in [6.45, 7) is 14.5. The average Bonchev–Trinajstić information content (AvgIpc) is 2.58. The van der Waals surface area contributed by atoms with Crippen molar-refractivity contribution in [3.05, 3.63) is 45.4 Å². The molecule has 0 saturated heterocycles. The molecule has 0 heterocycles. The van der Waals surface area contributed by atoms with E-state index < -0.39 is 7.92 Å². The van der Waals surface area contributed by atoms with Crippen LogP contribution in [0.3, 0.4) is 0 Å². The molecule has 0 spiro atoms. The highest BCUT2D eigenvalue weighted by Crippen LogP contribution is 2.46. The monoisotopic (exact) mass is 454 g/mol. The number of phenolic OH excluding ortho intramolecular Hbond substituents is 2. The summed E-state index contributed by atoms with van der Waals surface area (Å²) in [4.78, 5) is 0. The maximum Gasteiger partial charge on any atom is 0.127 e. The van der Waals surface area contributed by atoms with Gasteiger partial charge in [-0.1, -0.05) is 78.1 Å². The maximum atomic E-state index is 11.2. The van der Waals surface area contributed by atoms with Gasteiger partial charge in [0.25, 0.3) is 0 Å². The topological polar surface area (TPSA) is 40.5 Å². The first kappa shape index (κ1) is 24.3. The van der Waals surface area contributed by atoms with Crippen LogP contribution in [0.4, 0.5) is 0 Å². The van der Waals surface area contributed by atoms with Gasteiger partial charge in [0.15, 0.2) is 0 Å². The third-order valence-electron chi connectivity index (χ3n) is 5.04. The van der Waals surface area contributed by atoms with E-state index >= 15 is 0 Å². The van der Waals surface area contributed by atoms with Crippen molar-refractivity contribution < 1.29 is 10.2 Å². The molecule has 0 aliphatic carbocycles. The standard InChI is InChI=1S/C24H33Cl2O2P/c1-8-9-10-29(19-13-15(25)11-17(21(19)27)23(2,3)4)20-14-16(26)12-18(22(20)28)24(5,6)7/h11-14,27-28H,8-10H2,1-7H3. The highest BCUT2D eigenvalue weighted by atomic mass is 35.5. The zero-order valence-electron chi connectivity index (χ0n) is 18.5. The van der Waals surface area contributed by atoms with Gasteiger partial charge in [-0.3, -0.25) is 0 Å². The molecular weight excluding hydrogens is 422 g/mol. The molecule has 0 fully saturated rings. The molecule has 5 heteroatoms. The first-order valence-electron chi connectivity index (χ1n) is 10.1. The SMILES string of the molecule is CCCCP(c1cc(Cl)cc(C(C)(C)C)c1O)c1cc(Cl)cc(C(C)(C)C)c1O. The molecule has 0 aromatic heterocycles. The van der Waals surface area contributed by atoms with Crippen molar-refractivity contribution in [3.63, 3.8) is 0 Å². The van der Waals surface area contributed by atoms with Crippen molar-refractivity contribution in [2.75, 3.05) is 6.16 Å². The van der Waals surface area contributed by atoms with E-state index in [0.717, 1.165) is 40.7 Å². The Balaban J connectivity index is 2.79. The van der Waals surface area contributed by atoms with Crippen molar-refractivity contribution in [2.24, 2.45) is 0 Å². The number of rotatable bonds is 5. The molecule has 0 amide bonds. The zero-order chi connectivity index (χ0) is 22.1. The molecule has 0 atom stereocenters. The Hall–Kier alpha value is -0.950.